The summed E-state index contributed by atoms with van der Waals surface area (Å²) in [6.07, 6.45) is 1.69. The number of nitrogen functional groups attached to an aromatic ring is 1. The molecule has 0 saturated carbocycles. The lowest BCUT2D eigenvalue weighted by Crippen LogP contribution is -2.17. The van der Waals surface area contributed by atoms with Crippen molar-refractivity contribution in [3.63, 3.8) is 0 Å². The Hall–Kier alpha value is -1.82. The molecule has 0 aliphatic carbocycles. The van der Waals surface area contributed by atoms with Gasteiger partial charge in [0.2, 0.25) is 0 Å². The van der Waals surface area contributed by atoms with Gasteiger partial charge in [0.05, 0.1) is 17.8 Å². The van der Waals surface area contributed by atoms with E-state index in [0.29, 0.717) is 12.3 Å². The number of hydrogen-bond donors (Lipinski definition) is 2. The highest BCUT2D eigenvalue weighted by Crippen LogP contribution is 2.28. The maximum Gasteiger partial charge on any atom is 0.325 e. The molecular weight excluding hydrogens is 310 g/mol. The van der Waals surface area contributed by atoms with Crippen LogP contribution in [-0.4, -0.2) is 24.1 Å². The molecule has 0 spiro atoms. The minimum absolute atomic E-state index is 0.102. The molecule has 1 heterocycles. The van der Waals surface area contributed by atoms with Gasteiger partial charge >= 0.3 is 5.97 Å². The number of hydrogen-bond acceptors (Lipinski definition) is 5. The van der Waals surface area contributed by atoms with Crippen molar-refractivity contribution in [1.82, 2.24) is 4.98 Å². The summed E-state index contributed by atoms with van der Waals surface area (Å²) in [7, 11) is 0. The van der Waals surface area contributed by atoms with Crippen LogP contribution in [0.5, 0.6) is 0 Å². The van der Waals surface area contributed by atoms with Crippen molar-refractivity contribution in [2.75, 3.05) is 24.2 Å². The molecule has 1 aromatic carbocycles. The van der Waals surface area contributed by atoms with Crippen molar-refractivity contribution in [2.45, 2.75) is 6.92 Å². The number of nitrogens with two attached hydrogens (primary N) is 1. The smallest absolute Gasteiger partial charge is 0.325 e. The van der Waals surface area contributed by atoms with Crippen molar-refractivity contribution in [3.05, 3.63) is 28.9 Å². The Balaban J connectivity index is 2.29. The molecule has 3 N–H and O–H groups in total. The fraction of sp³-hybridized carbons (Fsp3) is 0.231. The second-order valence-corrected chi connectivity index (χ2v) is 4.83. The number of carbonyl (C=O) groups excluding carboxylic acids is 1. The van der Waals surface area contributed by atoms with Gasteiger partial charge in [-0.05, 0) is 41.1 Å². The van der Waals surface area contributed by atoms with E-state index in [2.05, 4.69) is 26.2 Å². The summed E-state index contributed by atoms with van der Waals surface area (Å²) < 4.78 is 5.72. The summed E-state index contributed by atoms with van der Waals surface area (Å²) in [6, 6.07) is 5.48. The molecule has 0 amide bonds. The first-order valence-corrected chi connectivity index (χ1v) is 6.64. The van der Waals surface area contributed by atoms with Crippen LogP contribution in [0.3, 0.4) is 0 Å². The molecule has 0 unspecified atom stereocenters. The molecule has 0 atom stereocenters. The van der Waals surface area contributed by atoms with E-state index < -0.39 is 0 Å². The van der Waals surface area contributed by atoms with E-state index in [1.807, 2.05) is 6.07 Å². The number of nitrogens with zero attached hydrogens (tertiary/aromatic N) is 1. The van der Waals surface area contributed by atoms with E-state index in [0.717, 1.165) is 21.1 Å². The Kier molecular flexibility index (Phi) is 4.21. The lowest BCUT2D eigenvalue weighted by molar-refractivity contribution is -0.140. The van der Waals surface area contributed by atoms with Crippen LogP contribution in [0, 0.1) is 0 Å². The van der Waals surface area contributed by atoms with Crippen LogP contribution < -0.4 is 11.1 Å². The molecule has 2 rings (SSSR count). The number of esters is 1. The molecule has 6 heteroatoms. The van der Waals surface area contributed by atoms with Gasteiger partial charge < -0.3 is 15.8 Å². The molecule has 100 valence electrons. The van der Waals surface area contributed by atoms with Crippen molar-refractivity contribution in [3.8, 4) is 0 Å². The Labute approximate surface area is 119 Å². The van der Waals surface area contributed by atoms with E-state index >= 15 is 0 Å². The molecule has 5 nitrogen and oxygen atoms in total. The third-order valence-corrected chi connectivity index (χ3v) is 3.01. The Bertz CT molecular complexity index is 616. The fourth-order valence-electron chi connectivity index (χ4n) is 1.74. The quantitative estimate of drug-likeness (QED) is 0.668. The molecule has 0 radical (unpaired) electrons. The van der Waals surface area contributed by atoms with Crippen LogP contribution in [-0.2, 0) is 9.53 Å². The van der Waals surface area contributed by atoms with Crippen LogP contribution in [0.4, 0.5) is 11.4 Å². The highest BCUT2D eigenvalue weighted by Gasteiger charge is 2.08. The number of aromatic nitrogens is 1. The van der Waals surface area contributed by atoms with Crippen LogP contribution >= 0.6 is 15.9 Å². The summed E-state index contributed by atoms with van der Waals surface area (Å²) >= 11 is 3.36. The van der Waals surface area contributed by atoms with Gasteiger partial charge in [0.1, 0.15) is 6.54 Å². The molecule has 0 bridgehead atoms. The minimum Gasteiger partial charge on any atom is -0.465 e. The van der Waals surface area contributed by atoms with E-state index in [9.17, 15) is 4.79 Å². The lowest BCUT2D eigenvalue weighted by atomic mass is 10.1. The summed E-state index contributed by atoms with van der Waals surface area (Å²) in [5.74, 6) is -0.301. The van der Waals surface area contributed by atoms with Crippen molar-refractivity contribution in [1.29, 1.82) is 0 Å². The molecule has 19 heavy (non-hydrogen) atoms. The summed E-state index contributed by atoms with van der Waals surface area (Å²) in [6.45, 7) is 2.24. The maximum atomic E-state index is 11.3. The van der Waals surface area contributed by atoms with Crippen molar-refractivity contribution in [2.24, 2.45) is 0 Å². The minimum atomic E-state index is -0.301. The monoisotopic (exact) mass is 323 g/mol. The van der Waals surface area contributed by atoms with Gasteiger partial charge in [-0.15, -0.1) is 0 Å². The number of nitrogens with one attached hydrogen (secondary N) is 1. The molecule has 0 saturated heterocycles. The number of rotatable bonds is 4. The van der Waals surface area contributed by atoms with Gasteiger partial charge in [-0.2, -0.15) is 0 Å². The fourth-order valence-corrected chi connectivity index (χ4v) is 2.07. The zero-order valence-corrected chi connectivity index (χ0v) is 12.0. The Morgan fingerprint density at radius 3 is 3.05 bits per heavy atom. The second kappa shape index (κ2) is 5.88. The van der Waals surface area contributed by atoms with Crippen LogP contribution in [0.25, 0.3) is 10.9 Å². The van der Waals surface area contributed by atoms with Crippen molar-refractivity contribution < 1.29 is 9.53 Å². The van der Waals surface area contributed by atoms with Crippen LogP contribution in [0.1, 0.15) is 6.92 Å². The average molecular weight is 324 g/mol. The van der Waals surface area contributed by atoms with Gasteiger partial charge in [-0.25, -0.2) is 0 Å². The highest BCUT2D eigenvalue weighted by atomic mass is 79.9. The zero-order valence-electron chi connectivity index (χ0n) is 10.4. The third-order valence-electron chi connectivity index (χ3n) is 2.58. The standard InChI is InChI=1S/C13H14BrN3O2/c1-2-19-12(18)7-16-11-4-3-10(15)9-5-8(14)6-17-13(9)11/h3-6,16H,2,7,15H2,1H3. The summed E-state index contributed by atoms with van der Waals surface area (Å²) in [4.78, 5) is 15.7. The molecule has 1 aromatic heterocycles. The maximum absolute atomic E-state index is 11.3. The van der Waals surface area contributed by atoms with Gasteiger partial charge in [0.15, 0.2) is 0 Å². The lowest BCUT2D eigenvalue weighted by Gasteiger charge is -2.10. The predicted molar refractivity (Wildman–Crippen MR) is 79.0 cm³/mol. The number of carbonyl (C=O) groups is 1. The van der Waals surface area contributed by atoms with E-state index in [4.69, 9.17) is 10.5 Å². The number of halogens is 1. The molecule has 0 aliphatic heterocycles. The van der Waals surface area contributed by atoms with E-state index in [1.54, 1.807) is 25.3 Å². The Morgan fingerprint density at radius 2 is 2.32 bits per heavy atom. The second-order valence-electron chi connectivity index (χ2n) is 3.91. The third kappa shape index (κ3) is 3.14. The van der Waals surface area contributed by atoms with E-state index in [-0.39, 0.29) is 12.5 Å². The average Bonchev–Trinajstić information content (AvgIpc) is 2.39. The Morgan fingerprint density at radius 1 is 1.53 bits per heavy atom. The van der Waals surface area contributed by atoms with Crippen molar-refractivity contribution >= 4 is 44.2 Å². The number of fused-ring (bicyclic) bond motifs is 1. The first kappa shape index (κ1) is 13.6. The molecule has 0 fully saturated rings. The van der Waals surface area contributed by atoms with Crippen LogP contribution in [0.2, 0.25) is 0 Å². The largest absolute Gasteiger partial charge is 0.465 e. The molecule has 2 aromatic rings. The highest BCUT2D eigenvalue weighted by molar-refractivity contribution is 9.10. The topological polar surface area (TPSA) is 77.2 Å². The van der Waals surface area contributed by atoms with Gasteiger partial charge in [0.25, 0.3) is 0 Å². The van der Waals surface area contributed by atoms with Crippen LogP contribution in [0.15, 0.2) is 28.9 Å². The first-order chi connectivity index (χ1) is 9.11. The van der Waals surface area contributed by atoms with Gasteiger partial charge in [-0.1, -0.05) is 0 Å². The first-order valence-electron chi connectivity index (χ1n) is 5.85. The molecular formula is C13H14BrN3O2. The zero-order chi connectivity index (χ0) is 13.8. The predicted octanol–water partition coefficient (Wildman–Crippen LogP) is 2.55. The summed E-state index contributed by atoms with van der Waals surface area (Å²) in [5.41, 5.74) is 8.04. The van der Waals surface area contributed by atoms with Gasteiger partial charge in [0, 0.05) is 21.7 Å². The number of anilines is 2. The van der Waals surface area contributed by atoms with Gasteiger partial charge in [-0.3, -0.25) is 9.78 Å². The number of ether oxygens (including phenoxy) is 1. The number of pyridine rings is 1. The normalized spacial score (nSPS) is 10.4. The number of benzene rings is 1. The molecule has 0 aliphatic rings. The van der Waals surface area contributed by atoms with E-state index in [1.165, 1.54) is 0 Å². The SMILES string of the molecule is CCOC(=O)CNc1ccc(N)c2cc(Br)cnc12. The summed E-state index contributed by atoms with van der Waals surface area (Å²) in [5, 5.41) is 3.85.